The summed E-state index contributed by atoms with van der Waals surface area (Å²) in [5.41, 5.74) is 4.13. The number of nitrogens with one attached hydrogen (secondary N) is 2. The third-order valence-electron chi connectivity index (χ3n) is 6.41. The van der Waals surface area contributed by atoms with Crippen molar-refractivity contribution in [2.75, 3.05) is 11.8 Å². The number of fused-ring (bicyclic) bond motifs is 9. The molecule has 5 heterocycles. The Balaban J connectivity index is 1.60. The smallest absolute Gasteiger partial charge is 0.262 e. The molecule has 40 heavy (non-hydrogen) atoms. The van der Waals surface area contributed by atoms with Gasteiger partial charge in [0.25, 0.3) is 15.9 Å². The summed E-state index contributed by atoms with van der Waals surface area (Å²) >= 11 is 1.48. The number of methoxy groups -OCH3 is 1. The molecule has 2 N–H and O–H groups in total. The molecule has 1 aliphatic heterocycles. The second kappa shape index (κ2) is 9.96. The van der Waals surface area contributed by atoms with Gasteiger partial charge in [0.1, 0.15) is 11.5 Å². The van der Waals surface area contributed by atoms with E-state index in [1.54, 1.807) is 30.7 Å². The first-order valence-corrected chi connectivity index (χ1v) is 14.7. The predicted molar refractivity (Wildman–Crippen MR) is 153 cm³/mol. The van der Waals surface area contributed by atoms with Gasteiger partial charge in [0.2, 0.25) is 5.88 Å². The number of carbonyl (C=O) groups excluding carboxylic acids is 1. The summed E-state index contributed by atoms with van der Waals surface area (Å²) in [5, 5.41) is 2.86. The van der Waals surface area contributed by atoms with Crippen LogP contribution in [0.2, 0.25) is 0 Å². The maximum atomic E-state index is 13.4. The Morgan fingerprint density at radius 3 is 2.65 bits per heavy atom. The summed E-state index contributed by atoms with van der Waals surface area (Å²) in [6, 6.07) is 11.4. The Hall–Kier alpha value is -4.42. The van der Waals surface area contributed by atoms with Crippen LogP contribution >= 0.6 is 11.3 Å². The molecule has 1 aliphatic rings. The van der Waals surface area contributed by atoms with E-state index < -0.39 is 15.9 Å². The van der Waals surface area contributed by atoms with Gasteiger partial charge >= 0.3 is 0 Å². The lowest BCUT2D eigenvalue weighted by Gasteiger charge is -2.13. The second-order valence-corrected chi connectivity index (χ2v) is 12.3. The lowest BCUT2D eigenvalue weighted by Crippen LogP contribution is -2.23. The van der Waals surface area contributed by atoms with E-state index in [2.05, 4.69) is 20.0 Å². The summed E-state index contributed by atoms with van der Waals surface area (Å²) < 4.78 is 35.5. The van der Waals surface area contributed by atoms with Crippen molar-refractivity contribution < 1.29 is 17.9 Å². The number of anilines is 1. The molecule has 12 heteroatoms. The van der Waals surface area contributed by atoms with E-state index >= 15 is 0 Å². The normalized spacial score (nSPS) is 14.3. The summed E-state index contributed by atoms with van der Waals surface area (Å²) in [6.07, 6.45) is 5.06. The van der Waals surface area contributed by atoms with Crippen LogP contribution in [0.4, 0.5) is 5.69 Å². The van der Waals surface area contributed by atoms with Gasteiger partial charge in [-0.1, -0.05) is 19.9 Å². The van der Waals surface area contributed by atoms with Gasteiger partial charge in [-0.25, -0.2) is 23.4 Å². The molecule has 0 aliphatic carbocycles. The van der Waals surface area contributed by atoms with E-state index in [4.69, 9.17) is 14.7 Å². The Labute approximate surface area is 234 Å². The fourth-order valence-corrected chi connectivity index (χ4v) is 6.56. The van der Waals surface area contributed by atoms with Crippen LogP contribution in [0.25, 0.3) is 31.9 Å². The second-order valence-electron chi connectivity index (χ2n) is 9.59. The third-order valence-corrected chi connectivity index (χ3v) is 8.95. The number of carbonyl (C=O) groups is 1. The molecule has 0 radical (unpaired) electrons. The number of ether oxygens (including phenoxy) is 1. The Morgan fingerprint density at radius 1 is 1.00 bits per heavy atom. The van der Waals surface area contributed by atoms with Crippen molar-refractivity contribution >= 4 is 43.2 Å². The predicted octanol–water partition coefficient (Wildman–Crippen LogP) is 4.99. The van der Waals surface area contributed by atoms with Gasteiger partial charge in [-0.15, -0.1) is 11.3 Å². The Kier molecular flexibility index (Phi) is 6.43. The Morgan fingerprint density at radius 2 is 1.85 bits per heavy atom. The zero-order valence-corrected chi connectivity index (χ0v) is 23.4. The SMILES string of the molecule is COc1ncc2cc1NS(=O)(=O)c1cccc(c1)C(=O)NCc1cncc(c1)-c1nc(C(C)C)nc3cc-2sc13. The van der Waals surface area contributed by atoms with Gasteiger partial charge in [-0.2, -0.15) is 0 Å². The van der Waals surface area contributed by atoms with Crippen molar-refractivity contribution in [3.8, 4) is 27.6 Å². The number of pyridine rings is 2. The van der Waals surface area contributed by atoms with Crippen molar-refractivity contribution in [1.29, 1.82) is 0 Å². The van der Waals surface area contributed by atoms with E-state index in [9.17, 15) is 13.2 Å². The standard InChI is InChI=1S/C28H24N6O4S2/c1-15(2)26-32-21-10-23-18-9-22(28(38-3)31-14-18)34-40(36,37)20-6-4-5-17(8-20)27(35)30-12-16-7-19(13-29-11-16)24(33-26)25(21)39-23/h4-11,13-15,34H,12H2,1-3H3,(H,30,35). The molecule has 5 aromatic rings. The van der Waals surface area contributed by atoms with Crippen molar-refractivity contribution in [1.82, 2.24) is 25.3 Å². The van der Waals surface area contributed by atoms with E-state index in [0.717, 1.165) is 31.9 Å². The zero-order valence-electron chi connectivity index (χ0n) is 21.8. The highest BCUT2D eigenvalue weighted by Gasteiger charge is 2.22. The lowest BCUT2D eigenvalue weighted by molar-refractivity contribution is 0.0950. The van der Waals surface area contributed by atoms with Crippen LogP contribution in [-0.4, -0.2) is 41.4 Å². The van der Waals surface area contributed by atoms with Gasteiger partial charge in [-0.05, 0) is 42.0 Å². The number of hydrogen-bond acceptors (Lipinski definition) is 9. The Bertz CT molecular complexity index is 1900. The van der Waals surface area contributed by atoms with Crippen LogP contribution in [0.3, 0.4) is 0 Å². The van der Waals surface area contributed by atoms with Crippen LogP contribution in [0.5, 0.6) is 5.88 Å². The van der Waals surface area contributed by atoms with E-state index in [1.165, 1.54) is 36.6 Å². The topological polar surface area (TPSA) is 136 Å². The largest absolute Gasteiger partial charge is 0.480 e. The monoisotopic (exact) mass is 572 g/mol. The molecule has 1 amide bonds. The minimum Gasteiger partial charge on any atom is -0.480 e. The highest BCUT2D eigenvalue weighted by Crippen LogP contribution is 2.40. The minimum atomic E-state index is -4.08. The molecule has 0 unspecified atom stereocenters. The number of aromatic nitrogens is 4. The fourth-order valence-electron chi connectivity index (χ4n) is 4.37. The molecule has 0 spiro atoms. The average Bonchev–Trinajstić information content (AvgIpc) is 3.39. The molecular formula is C28H24N6O4S2. The molecule has 0 fully saturated rings. The molecular weight excluding hydrogens is 548 g/mol. The fraction of sp³-hybridized carbons (Fsp3) is 0.179. The van der Waals surface area contributed by atoms with Gasteiger partial charge in [0.05, 0.1) is 27.9 Å². The molecule has 202 valence electrons. The first kappa shape index (κ1) is 25.8. The van der Waals surface area contributed by atoms with Crippen LogP contribution in [0, 0.1) is 0 Å². The molecule has 0 saturated carbocycles. The van der Waals surface area contributed by atoms with Gasteiger partial charge in [0, 0.05) is 52.6 Å². The van der Waals surface area contributed by atoms with Crippen molar-refractivity contribution in [3.63, 3.8) is 0 Å². The molecule has 1 aromatic carbocycles. The molecule has 0 atom stereocenters. The molecule has 10 nitrogen and oxygen atoms in total. The minimum absolute atomic E-state index is 0.0691. The number of benzene rings is 1. The molecule has 4 aromatic heterocycles. The van der Waals surface area contributed by atoms with Gasteiger partial charge in [0.15, 0.2) is 0 Å². The maximum absolute atomic E-state index is 13.4. The van der Waals surface area contributed by atoms with E-state index in [1.807, 2.05) is 26.0 Å². The summed E-state index contributed by atoms with van der Waals surface area (Å²) in [4.78, 5) is 32.2. The van der Waals surface area contributed by atoms with Crippen molar-refractivity contribution in [2.45, 2.75) is 31.2 Å². The van der Waals surface area contributed by atoms with E-state index in [0.29, 0.717) is 11.4 Å². The van der Waals surface area contributed by atoms with Crippen molar-refractivity contribution in [2.24, 2.45) is 0 Å². The quantitative estimate of drug-likeness (QED) is 0.302. The van der Waals surface area contributed by atoms with Crippen molar-refractivity contribution in [3.05, 3.63) is 78.0 Å². The lowest BCUT2D eigenvalue weighted by atomic mass is 10.1. The number of thiophene rings is 1. The van der Waals surface area contributed by atoms with E-state index in [-0.39, 0.29) is 34.5 Å². The summed E-state index contributed by atoms with van der Waals surface area (Å²) in [6.45, 7) is 4.26. The number of rotatable bonds is 2. The number of nitrogens with zero attached hydrogens (tertiary/aromatic N) is 4. The van der Waals surface area contributed by atoms with Crippen LogP contribution in [-0.2, 0) is 16.6 Å². The number of sulfonamides is 1. The number of hydrogen-bond donors (Lipinski definition) is 2. The van der Waals surface area contributed by atoms with Crippen LogP contribution < -0.4 is 14.8 Å². The molecule has 8 bridgehead atoms. The van der Waals surface area contributed by atoms with Gasteiger partial charge in [-0.3, -0.25) is 14.5 Å². The number of amides is 1. The highest BCUT2D eigenvalue weighted by atomic mass is 32.2. The molecule has 0 saturated heterocycles. The first-order chi connectivity index (χ1) is 19.2. The van der Waals surface area contributed by atoms with Crippen LogP contribution in [0.1, 0.15) is 41.5 Å². The summed E-state index contributed by atoms with van der Waals surface area (Å²) in [7, 11) is -2.66. The highest BCUT2D eigenvalue weighted by molar-refractivity contribution is 7.92. The maximum Gasteiger partial charge on any atom is 0.262 e. The first-order valence-electron chi connectivity index (χ1n) is 12.4. The summed E-state index contributed by atoms with van der Waals surface area (Å²) in [5.74, 6) is 0.473. The van der Waals surface area contributed by atoms with Crippen LogP contribution in [0.15, 0.2) is 66.0 Å². The molecule has 6 rings (SSSR count). The zero-order chi connectivity index (χ0) is 28.0. The third kappa shape index (κ3) is 4.75. The average molecular weight is 573 g/mol. The van der Waals surface area contributed by atoms with Gasteiger partial charge < -0.3 is 10.1 Å².